The Morgan fingerprint density at radius 3 is 2.17 bits per heavy atom. The summed E-state index contributed by atoms with van der Waals surface area (Å²) < 4.78 is 16.7. The van der Waals surface area contributed by atoms with Crippen LogP contribution in [-0.4, -0.2) is 69.8 Å². The summed E-state index contributed by atoms with van der Waals surface area (Å²) in [6, 6.07) is 0. The third-order valence-electron chi connectivity index (χ3n) is 2.89. The van der Waals surface area contributed by atoms with Crippen LogP contribution in [0.3, 0.4) is 0 Å². The Morgan fingerprint density at radius 2 is 1.57 bits per heavy atom. The standard InChI is InChI=1S/C18H34N2O4S2.2C2H6/c1-5-6-7-9-20-17(21)8-11-22-12-13-23-14-15-24-18(2,3)26-25-16-10-19-4;2*1-2/h19H,5,8-16H2,1-4H3,(H,20,21);2*1-2H3. The van der Waals surface area contributed by atoms with Gasteiger partial charge >= 0.3 is 0 Å². The minimum absolute atomic E-state index is 0.0444. The highest BCUT2D eigenvalue weighted by Gasteiger charge is 2.19. The first kappa shape index (κ1) is 34.2. The topological polar surface area (TPSA) is 68.8 Å². The predicted molar refractivity (Wildman–Crippen MR) is 134 cm³/mol. The van der Waals surface area contributed by atoms with Crippen LogP contribution in [0.4, 0.5) is 0 Å². The average Bonchev–Trinajstić information content (AvgIpc) is 2.76. The second-order valence-electron chi connectivity index (χ2n) is 5.72. The van der Waals surface area contributed by atoms with E-state index in [9.17, 15) is 4.79 Å². The molecule has 0 aliphatic heterocycles. The van der Waals surface area contributed by atoms with Gasteiger partial charge in [-0.3, -0.25) is 4.79 Å². The zero-order valence-electron chi connectivity index (χ0n) is 20.5. The number of rotatable bonds is 16. The van der Waals surface area contributed by atoms with E-state index >= 15 is 0 Å². The quantitative estimate of drug-likeness (QED) is 0.152. The van der Waals surface area contributed by atoms with Gasteiger partial charge in [0.1, 0.15) is 4.93 Å². The molecule has 0 aliphatic rings. The average molecular weight is 467 g/mol. The van der Waals surface area contributed by atoms with Crippen molar-refractivity contribution in [3.63, 3.8) is 0 Å². The van der Waals surface area contributed by atoms with E-state index in [0.717, 1.165) is 18.7 Å². The van der Waals surface area contributed by atoms with Crippen LogP contribution in [-0.2, 0) is 19.0 Å². The number of carbonyl (C=O) groups is 1. The van der Waals surface area contributed by atoms with E-state index in [2.05, 4.69) is 36.3 Å². The molecular formula is C22H46N2O4S2. The highest BCUT2D eigenvalue weighted by molar-refractivity contribution is 8.77. The molecule has 0 unspecified atom stereocenters. The summed E-state index contributed by atoms with van der Waals surface area (Å²) in [4.78, 5) is 11.2. The molecule has 180 valence electrons. The maximum absolute atomic E-state index is 11.5. The lowest BCUT2D eigenvalue weighted by atomic mass is 10.4. The van der Waals surface area contributed by atoms with Crippen LogP contribution in [0.25, 0.3) is 0 Å². The molecule has 0 atom stereocenters. The summed E-state index contributed by atoms with van der Waals surface area (Å²) in [5.74, 6) is 6.77. The largest absolute Gasteiger partial charge is 0.379 e. The second-order valence-corrected chi connectivity index (χ2v) is 8.72. The van der Waals surface area contributed by atoms with Crippen molar-refractivity contribution < 1.29 is 19.0 Å². The van der Waals surface area contributed by atoms with Crippen molar-refractivity contribution in [3.8, 4) is 11.8 Å². The first-order valence-corrected chi connectivity index (χ1v) is 13.3. The summed E-state index contributed by atoms with van der Waals surface area (Å²) in [6.07, 6.45) is 1.14. The Labute approximate surface area is 194 Å². The van der Waals surface area contributed by atoms with Crippen LogP contribution >= 0.6 is 21.6 Å². The molecule has 0 aromatic heterocycles. The first-order valence-electron chi connectivity index (χ1n) is 11.0. The number of hydrogen-bond donors (Lipinski definition) is 2. The number of amides is 1. The summed E-state index contributed by atoms with van der Waals surface area (Å²) in [5, 5.41) is 5.84. The Hall–Kier alpha value is -0.430. The fourth-order valence-corrected chi connectivity index (χ4v) is 3.89. The van der Waals surface area contributed by atoms with E-state index in [0.29, 0.717) is 46.0 Å². The van der Waals surface area contributed by atoms with Gasteiger partial charge in [0.2, 0.25) is 5.91 Å². The number of carbonyl (C=O) groups excluding carboxylic acids is 1. The molecule has 0 heterocycles. The molecule has 0 aromatic carbocycles. The normalized spacial score (nSPS) is 10.0. The van der Waals surface area contributed by atoms with E-state index in [1.54, 1.807) is 21.6 Å². The molecule has 0 aliphatic carbocycles. The molecule has 6 nitrogen and oxygen atoms in total. The van der Waals surface area contributed by atoms with Crippen molar-refractivity contribution in [2.45, 2.75) is 66.2 Å². The fraction of sp³-hybridized carbons (Fsp3) is 0.864. The van der Waals surface area contributed by atoms with Gasteiger partial charge in [0.05, 0.1) is 39.6 Å². The summed E-state index contributed by atoms with van der Waals surface area (Å²) in [7, 11) is 5.48. The van der Waals surface area contributed by atoms with Crippen LogP contribution in [0.15, 0.2) is 0 Å². The van der Waals surface area contributed by atoms with Gasteiger partial charge in [0.25, 0.3) is 0 Å². The van der Waals surface area contributed by atoms with Crippen molar-refractivity contribution in [1.29, 1.82) is 0 Å². The molecule has 2 N–H and O–H groups in total. The molecule has 30 heavy (non-hydrogen) atoms. The molecule has 0 rings (SSSR count). The van der Waals surface area contributed by atoms with Crippen molar-refractivity contribution in [2.24, 2.45) is 0 Å². The van der Waals surface area contributed by atoms with Crippen LogP contribution in [0.1, 0.15) is 61.3 Å². The van der Waals surface area contributed by atoms with Crippen molar-refractivity contribution in [1.82, 2.24) is 10.6 Å². The van der Waals surface area contributed by atoms with Crippen molar-refractivity contribution >= 4 is 27.5 Å². The summed E-state index contributed by atoms with van der Waals surface area (Å²) in [5.41, 5.74) is 0. The van der Waals surface area contributed by atoms with Gasteiger partial charge in [0, 0.05) is 25.1 Å². The minimum Gasteiger partial charge on any atom is -0.379 e. The zero-order chi connectivity index (χ0) is 23.5. The van der Waals surface area contributed by atoms with E-state index in [4.69, 9.17) is 14.2 Å². The SMILES string of the molecule is CC.CC.CCC#CCNC(=O)CCOCCOCCOC(C)(C)SSCCNC. The van der Waals surface area contributed by atoms with Crippen molar-refractivity contribution in [3.05, 3.63) is 0 Å². The Kier molecular flexibility index (Phi) is 32.6. The number of ether oxygens (including phenoxy) is 3. The molecular weight excluding hydrogens is 420 g/mol. The van der Waals surface area contributed by atoms with Gasteiger partial charge < -0.3 is 24.8 Å². The smallest absolute Gasteiger partial charge is 0.223 e. The van der Waals surface area contributed by atoms with E-state index in [1.165, 1.54) is 0 Å². The van der Waals surface area contributed by atoms with E-state index in [1.807, 2.05) is 41.7 Å². The van der Waals surface area contributed by atoms with Gasteiger partial charge in [-0.05, 0) is 20.9 Å². The molecule has 0 fully saturated rings. The predicted octanol–water partition coefficient (Wildman–Crippen LogP) is 4.35. The van der Waals surface area contributed by atoms with Gasteiger partial charge in [0.15, 0.2) is 0 Å². The Bertz CT molecular complexity index is 414. The number of hydrogen-bond acceptors (Lipinski definition) is 7. The monoisotopic (exact) mass is 466 g/mol. The minimum atomic E-state index is -0.229. The molecule has 1 amide bonds. The summed E-state index contributed by atoms with van der Waals surface area (Å²) in [6.45, 7) is 17.9. The maximum Gasteiger partial charge on any atom is 0.223 e. The van der Waals surface area contributed by atoms with Gasteiger partial charge in [-0.1, -0.05) is 62.1 Å². The fourth-order valence-electron chi connectivity index (χ4n) is 1.60. The van der Waals surface area contributed by atoms with E-state index < -0.39 is 0 Å². The lowest BCUT2D eigenvalue weighted by molar-refractivity contribution is -0.122. The Morgan fingerprint density at radius 1 is 0.967 bits per heavy atom. The van der Waals surface area contributed by atoms with Gasteiger partial charge in [-0.25, -0.2) is 0 Å². The van der Waals surface area contributed by atoms with Crippen LogP contribution in [0.5, 0.6) is 0 Å². The highest BCUT2D eigenvalue weighted by atomic mass is 33.1. The lowest BCUT2D eigenvalue weighted by Crippen LogP contribution is -2.25. The Balaban J connectivity index is -0.00000171. The van der Waals surface area contributed by atoms with Crippen LogP contribution in [0.2, 0.25) is 0 Å². The molecule has 8 heteroatoms. The van der Waals surface area contributed by atoms with Gasteiger partial charge in [-0.2, -0.15) is 0 Å². The molecule has 0 radical (unpaired) electrons. The first-order chi connectivity index (χ1) is 14.5. The van der Waals surface area contributed by atoms with Crippen LogP contribution in [0, 0.1) is 11.8 Å². The molecule has 0 saturated heterocycles. The zero-order valence-corrected chi connectivity index (χ0v) is 22.2. The third-order valence-corrected chi connectivity index (χ3v) is 5.96. The molecule has 0 spiro atoms. The molecule has 0 aromatic rings. The third kappa shape index (κ3) is 29.8. The maximum atomic E-state index is 11.5. The highest BCUT2D eigenvalue weighted by Crippen LogP contribution is 2.35. The lowest BCUT2D eigenvalue weighted by Gasteiger charge is -2.23. The van der Waals surface area contributed by atoms with E-state index in [-0.39, 0.29) is 10.8 Å². The van der Waals surface area contributed by atoms with Crippen LogP contribution < -0.4 is 10.6 Å². The van der Waals surface area contributed by atoms with Gasteiger partial charge in [-0.15, -0.1) is 5.92 Å². The number of nitrogens with one attached hydrogen (secondary N) is 2. The molecule has 0 saturated carbocycles. The second kappa shape index (κ2) is 28.6. The molecule has 0 bridgehead atoms. The van der Waals surface area contributed by atoms with Crippen molar-refractivity contribution in [2.75, 3.05) is 58.9 Å². The summed E-state index contributed by atoms with van der Waals surface area (Å²) >= 11 is 0.